The van der Waals surface area contributed by atoms with Crippen LogP contribution in [-0.4, -0.2) is 120 Å². The summed E-state index contributed by atoms with van der Waals surface area (Å²) >= 11 is 0. The van der Waals surface area contributed by atoms with E-state index in [0.717, 1.165) is 11.1 Å². The lowest BCUT2D eigenvalue weighted by Crippen LogP contribution is -2.65. The predicted molar refractivity (Wildman–Crippen MR) is 196 cm³/mol. The topological polar surface area (TPSA) is 96.9 Å². The molecule has 5 atom stereocenters. The normalized spacial score (nSPS) is 24.2. The van der Waals surface area contributed by atoms with E-state index in [4.69, 9.17) is 18.9 Å². The summed E-state index contributed by atoms with van der Waals surface area (Å²) in [6.07, 6.45) is 1.90. The van der Waals surface area contributed by atoms with E-state index in [1.54, 1.807) is 28.1 Å². The number of fused-ring (bicyclic) bond motifs is 1. The highest BCUT2D eigenvalue weighted by molar-refractivity contribution is 5.97. The third-order valence-electron chi connectivity index (χ3n) is 9.89. The smallest absolute Gasteiger partial charge is 0.410 e. The fourth-order valence-corrected chi connectivity index (χ4v) is 7.26. The number of carbonyl (C=O) groups excluding carboxylic acids is 2. The zero-order chi connectivity index (χ0) is 37.0. The maximum atomic E-state index is 14.8. The fourth-order valence-electron chi connectivity index (χ4n) is 7.26. The van der Waals surface area contributed by atoms with Gasteiger partial charge in [-0.2, -0.15) is 0 Å². The standard InChI is InChI=1S/C40H52FN5O6/c1-27-19-43(33(20-44-28(2)23-49-24-29(44)3)21-45(27)39(48)52-40(4,5)6)22-37(47)46-34(25-50-35-10-8-7-9-11-35)26-51-38-36(46)17-31(18-42-38)16-30-12-14-32(41)15-13-30/h7-15,17-18,27-29,33-34H,16,19-26H2,1-6H3/t27-,28-,29-,33+,34+/m1/s1. The molecule has 12 heteroatoms. The summed E-state index contributed by atoms with van der Waals surface area (Å²) < 4.78 is 37.6. The molecule has 3 aliphatic rings. The Bertz CT molecular complexity index is 1660. The van der Waals surface area contributed by atoms with E-state index in [-0.39, 0.29) is 61.7 Å². The van der Waals surface area contributed by atoms with Crippen LogP contribution in [-0.2, 0) is 20.7 Å². The monoisotopic (exact) mass is 717 g/mol. The summed E-state index contributed by atoms with van der Waals surface area (Å²) in [5, 5.41) is 0. The van der Waals surface area contributed by atoms with Gasteiger partial charge in [0.25, 0.3) is 0 Å². The molecule has 2 amide bonds. The zero-order valence-electron chi connectivity index (χ0n) is 31.2. The van der Waals surface area contributed by atoms with Crippen LogP contribution < -0.4 is 14.4 Å². The SMILES string of the molecule is C[C@@H]1CN(CC(=O)N2c3cc(Cc4ccc(F)cc4)cnc3OC[C@@H]2COc2ccccc2)[C@@H](CN2[C@H](C)COC[C@H]2C)CN1C(=O)OC(C)(C)C. The molecule has 3 aromatic rings. The Morgan fingerprint density at radius 3 is 2.31 bits per heavy atom. The minimum absolute atomic E-state index is 0.113. The molecule has 4 heterocycles. The van der Waals surface area contributed by atoms with Gasteiger partial charge < -0.3 is 23.8 Å². The van der Waals surface area contributed by atoms with Gasteiger partial charge in [0.1, 0.15) is 42.1 Å². The van der Waals surface area contributed by atoms with Crippen LogP contribution >= 0.6 is 0 Å². The van der Waals surface area contributed by atoms with Crippen molar-refractivity contribution in [1.82, 2.24) is 19.7 Å². The van der Waals surface area contributed by atoms with Crippen LogP contribution in [0.4, 0.5) is 14.9 Å². The molecule has 0 aliphatic carbocycles. The van der Waals surface area contributed by atoms with Crippen LogP contribution in [0.1, 0.15) is 52.7 Å². The van der Waals surface area contributed by atoms with Crippen molar-refractivity contribution >= 4 is 17.7 Å². The van der Waals surface area contributed by atoms with Gasteiger partial charge in [-0.25, -0.2) is 14.2 Å². The molecule has 0 spiro atoms. The number of aromatic nitrogens is 1. The molecule has 6 rings (SSSR count). The van der Waals surface area contributed by atoms with Gasteiger partial charge in [-0.15, -0.1) is 0 Å². The lowest BCUT2D eigenvalue weighted by molar-refractivity contribution is -0.123. The maximum absolute atomic E-state index is 14.8. The van der Waals surface area contributed by atoms with E-state index in [1.165, 1.54) is 12.1 Å². The van der Waals surface area contributed by atoms with Crippen molar-refractivity contribution in [3.8, 4) is 11.6 Å². The van der Waals surface area contributed by atoms with Gasteiger partial charge in [-0.3, -0.25) is 19.5 Å². The molecule has 0 unspecified atom stereocenters. The summed E-state index contributed by atoms with van der Waals surface area (Å²) in [4.78, 5) is 41.1. The molecule has 2 saturated heterocycles. The molecule has 3 aliphatic heterocycles. The number of ether oxygens (including phenoxy) is 4. The van der Waals surface area contributed by atoms with Crippen molar-refractivity contribution in [3.63, 3.8) is 0 Å². The van der Waals surface area contributed by atoms with Gasteiger partial charge >= 0.3 is 6.09 Å². The Balaban J connectivity index is 1.29. The van der Waals surface area contributed by atoms with Crippen molar-refractivity contribution < 1.29 is 32.9 Å². The number of morpholine rings is 1. The first-order valence-corrected chi connectivity index (χ1v) is 18.3. The summed E-state index contributed by atoms with van der Waals surface area (Å²) in [5.41, 5.74) is 1.73. The number of rotatable bonds is 9. The Morgan fingerprint density at radius 2 is 1.62 bits per heavy atom. The van der Waals surface area contributed by atoms with Gasteiger partial charge in [-0.1, -0.05) is 30.3 Å². The lowest BCUT2D eigenvalue weighted by Gasteiger charge is -2.49. The zero-order valence-corrected chi connectivity index (χ0v) is 31.2. The molecule has 52 heavy (non-hydrogen) atoms. The number of carbonyl (C=O) groups is 2. The number of nitrogens with zero attached hydrogens (tertiary/aromatic N) is 5. The van der Waals surface area contributed by atoms with Gasteiger partial charge in [0.15, 0.2) is 0 Å². The predicted octanol–water partition coefficient (Wildman–Crippen LogP) is 5.40. The molecule has 2 aromatic carbocycles. The van der Waals surface area contributed by atoms with Crippen molar-refractivity contribution in [3.05, 3.63) is 83.8 Å². The molecular weight excluding hydrogens is 665 g/mol. The molecule has 1 aromatic heterocycles. The first kappa shape index (κ1) is 37.5. The molecule has 2 fully saturated rings. The Morgan fingerprint density at radius 1 is 0.904 bits per heavy atom. The van der Waals surface area contributed by atoms with Crippen LogP contribution in [0.2, 0.25) is 0 Å². The highest BCUT2D eigenvalue weighted by Crippen LogP contribution is 2.34. The number of benzene rings is 2. The highest BCUT2D eigenvalue weighted by atomic mass is 19.1. The largest absolute Gasteiger partial charge is 0.491 e. The van der Waals surface area contributed by atoms with Crippen molar-refractivity contribution in [2.75, 3.05) is 57.5 Å². The number of pyridine rings is 1. The molecule has 11 nitrogen and oxygen atoms in total. The van der Waals surface area contributed by atoms with Crippen LogP contribution in [0, 0.1) is 5.82 Å². The quantitative estimate of drug-likeness (QED) is 0.288. The average molecular weight is 718 g/mol. The molecule has 0 bridgehead atoms. The van der Waals surface area contributed by atoms with Gasteiger partial charge in [0.05, 0.1) is 19.8 Å². The van der Waals surface area contributed by atoms with Crippen LogP contribution in [0.3, 0.4) is 0 Å². The van der Waals surface area contributed by atoms with Crippen molar-refractivity contribution in [1.29, 1.82) is 0 Å². The number of hydrogen-bond donors (Lipinski definition) is 0. The summed E-state index contributed by atoms with van der Waals surface area (Å²) in [6.45, 7) is 15.3. The van der Waals surface area contributed by atoms with E-state index < -0.39 is 11.6 Å². The number of piperazine rings is 1. The first-order valence-electron chi connectivity index (χ1n) is 18.3. The summed E-state index contributed by atoms with van der Waals surface area (Å²) in [5.74, 6) is 0.668. The molecule has 0 radical (unpaired) electrons. The Labute approximate surface area is 306 Å². The van der Waals surface area contributed by atoms with E-state index in [0.29, 0.717) is 56.6 Å². The highest BCUT2D eigenvalue weighted by Gasteiger charge is 2.42. The minimum Gasteiger partial charge on any atom is -0.491 e. The minimum atomic E-state index is -0.628. The molecule has 0 N–H and O–H groups in total. The summed E-state index contributed by atoms with van der Waals surface area (Å²) in [7, 11) is 0. The number of amides is 2. The van der Waals surface area contributed by atoms with E-state index in [1.807, 2.05) is 64.1 Å². The second kappa shape index (κ2) is 16.2. The maximum Gasteiger partial charge on any atom is 0.410 e. The van der Waals surface area contributed by atoms with Crippen molar-refractivity contribution in [2.24, 2.45) is 0 Å². The molecule has 0 saturated carbocycles. The Hall–Kier alpha value is -4.26. The van der Waals surface area contributed by atoms with E-state index in [9.17, 15) is 14.0 Å². The summed E-state index contributed by atoms with van der Waals surface area (Å²) in [6, 6.07) is 17.4. The van der Waals surface area contributed by atoms with Gasteiger partial charge in [0.2, 0.25) is 11.8 Å². The third kappa shape index (κ3) is 9.20. The number of halogens is 1. The third-order valence-corrected chi connectivity index (χ3v) is 9.89. The van der Waals surface area contributed by atoms with Crippen LogP contribution in [0.5, 0.6) is 11.6 Å². The van der Waals surface area contributed by atoms with Gasteiger partial charge in [-0.05, 0) is 89.4 Å². The fraction of sp³-hybridized carbons (Fsp3) is 0.525. The second-order valence-corrected chi connectivity index (χ2v) is 15.3. The first-order chi connectivity index (χ1) is 24.8. The van der Waals surface area contributed by atoms with E-state index >= 15 is 0 Å². The van der Waals surface area contributed by atoms with Crippen LogP contribution in [0.25, 0.3) is 0 Å². The molecule has 280 valence electrons. The van der Waals surface area contributed by atoms with Crippen molar-refractivity contribution in [2.45, 2.75) is 83.8 Å². The number of hydrogen-bond acceptors (Lipinski definition) is 9. The van der Waals surface area contributed by atoms with Crippen LogP contribution in [0.15, 0.2) is 66.9 Å². The molecular formula is C40H52FN5O6. The van der Waals surface area contributed by atoms with Gasteiger partial charge in [0, 0.05) is 50.0 Å². The Kier molecular flexibility index (Phi) is 11.7. The number of anilines is 1. The number of para-hydroxylation sites is 1. The lowest BCUT2D eigenvalue weighted by atomic mass is 10.0. The van der Waals surface area contributed by atoms with E-state index in [2.05, 4.69) is 28.6 Å². The average Bonchev–Trinajstić information content (AvgIpc) is 3.10. The second-order valence-electron chi connectivity index (χ2n) is 15.3.